The topological polar surface area (TPSA) is 83.0 Å². The first-order chi connectivity index (χ1) is 9.15. The second-order valence-electron chi connectivity index (χ2n) is 3.95. The summed E-state index contributed by atoms with van der Waals surface area (Å²) in [5.74, 6) is 1.39. The highest BCUT2D eigenvalue weighted by Gasteiger charge is 2.09. The van der Waals surface area contributed by atoms with Gasteiger partial charge in [-0.2, -0.15) is 0 Å². The van der Waals surface area contributed by atoms with Gasteiger partial charge in [-0.1, -0.05) is 11.6 Å². The minimum Gasteiger partial charge on any atom is -0.485 e. The Balaban J connectivity index is 2.02. The second-order valence-corrected chi connectivity index (χ2v) is 4.39. The summed E-state index contributed by atoms with van der Waals surface area (Å²) in [5.41, 5.74) is 0.688. The van der Waals surface area contributed by atoms with E-state index < -0.39 is 6.09 Å². The van der Waals surface area contributed by atoms with Gasteiger partial charge in [-0.3, -0.25) is 4.99 Å². The summed E-state index contributed by atoms with van der Waals surface area (Å²) in [5, 5.41) is 14.5. The zero-order chi connectivity index (χ0) is 13.7. The number of hydrogen-bond donors (Lipinski definition) is 3. The van der Waals surface area contributed by atoms with Gasteiger partial charge in [0.15, 0.2) is 0 Å². The maximum absolute atomic E-state index is 10.5. The van der Waals surface area contributed by atoms with Crippen molar-refractivity contribution in [1.29, 1.82) is 0 Å². The summed E-state index contributed by atoms with van der Waals surface area (Å²) in [6.45, 7) is 2.06. The Morgan fingerprint density at radius 2 is 2.42 bits per heavy atom. The van der Waals surface area contributed by atoms with Crippen LogP contribution in [0, 0.1) is 0 Å². The number of halogens is 1. The van der Waals surface area contributed by atoms with Crippen molar-refractivity contribution < 1.29 is 14.6 Å². The Labute approximate surface area is 115 Å². The molecule has 19 heavy (non-hydrogen) atoms. The van der Waals surface area contributed by atoms with Crippen molar-refractivity contribution in [2.45, 2.75) is 6.54 Å². The van der Waals surface area contributed by atoms with E-state index in [1.54, 1.807) is 18.2 Å². The molecule has 0 fully saturated rings. The molecule has 6 nitrogen and oxygen atoms in total. The van der Waals surface area contributed by atoms with Crippen LogP contribution in [0.3, 0.4) is 0 Å². The number of rotatable bonds is 5. The van der Waals surface area contributed by atoms with Gasteiger partial charge in [0, 0.05) is 23.7 Å². The van der Waals surface area contributed by atoms with Crippen LogP contribution in [0.15, 0.2) is 23.2 Å². The standard InChI is InChI=1S/C12H14ClN3O3/c13-9-1-2-10(8(5-9)6-16-12(17)18)19-7-11-14-3-4-15-11/h1-2,5,16H,3-4,6-7H2,(H,14,15)(H,17,18). The van der Waals surface area contributed by atoms with E-state index in [-0.39, 0.29) is 6.54 Å². The zero-order valence-corrected chi connectivity index (χ0v) is 10.9. The van der Waals surface area contributed by atoms with Crippen LogP contribution in [0.5, 0.6) is 5.75 Å². The monoisotopic (exact) mass is 283 g/mol. The number of nitrogens with zero attached hydrogens (tertiary/aromatic N) is 1. The van der Waals surface area contributed by atoms with Crippen LogP contribution in [0.2, 0.25) is 5.02 Å². The maximum Gasteiger partial charge on any atom is 0.404 e. The van der Waals surface area contributed by atoms with E-state index in [9.17, 15) is 4.79 Å². The van der Waals surface area contributed by atoms with Gasteiger partial charge in [-0.25, -0.2) is 4.79 Å². The fourth-order valence-corrected chi connectivity index (χ4v) is 1.88. The molecule has 0 atom stereocenters. The number of hydrogen-bond acceptors (Lipinski definition) is 4. The van der Waals surface area contributed by atoms with Gasteiger partial charge < -0.3 is 20.5 Å². The number of carboxylic acid groups (broad SMARTS) is 1. The van der Waals surface area contributed by atoms with Crippen LogP contribution in [0.1, 0.15) is 5.56 Å². The van der Waals surface area contributed by atoms with Crippen molar-refractivity contribution in [3.8, 4) is 5.75 Å². The first-order valence-electron chi connectivity index (χ1n) is 5.80. The van der Waals surface area contributed by atoms with Crippen molar-refractivity contribution in [1.82, 2.24) is 10.6 Å². The largest absolute Gasteiger partial charge is 0.485 e. The molecular weight excluding hydrogens is 270 g/mol. The molecule has 2 rings (SSSR count). The van der Waals surface area contributed by atoms with Crippen molar-refractivity contribution >= 4 is 23.5 Å². The number of aliphatic imine (C=N–C) groups is 1. The van der Waals surface area contributed by atoms with Crippen LogP contribution in [0.25, 0.3) is 0 Å². The van der Waals surface area contributed by atoms with E-state index in [4.69, 9.17) is 21.4 Å². The Kier molecular flexibility index (Phi) is 4.46. The van der Waals surface area contributed by atoms with E-state index in [1.165, 1.54) is 0 Å². The summed E-state index contributed by atoms with van der Waals surface area (Å²) in [6.07, 6.45) is -1.09. The normalized spacial score (nSPS) is 13.6. The number of nitrogens with one attached hydrogen (secondary N) is 2. The minimum atomic E-state index is -1.09. The lowest BCUT2D eigenvalue weighted by atomic mass is 10.2. The Hall–Kier alpha value is -1.95. The lowest BCUT2D eigenvalue weighted by molar-refractivity contribution is 0.194. The third kappa shape index (κ3) is 4.03. The smallest absolute Gasteiger partial charge is 0.404 e. The van der Waals surface area contributed by atoms with Crippen LogP contribution < -0.4 is 15.4 Å². The molecule has 0 aliphatic carbocycles. The summed E-state index contributed by atoms with van der Waals surface area (Å²) in [4.78, 5) is 14.7. The molecule has 0 spiro atoms. The Morgan fingerprint density at radius 3 is 3.11 bits per heavy atom. The Morgan fingerprint density at radius 1 is 1.58 bits per heavy atom. The lowest BCUT2D eigenvalue weighted by Crippen LogP contribution is -2.25. The highest BCUT2D eigenvalue weighted by molar-refractivity contribution is 6.30. The van der Waals surface area contributed by atoms with Gasteiger partial charge in [0.1, 0.15) is 18.2 Å². The van der Waals surface area contributed by atoms with Gasteiger partial charge in [0.2, 0.25) is 0 Å². The van der Waals surface area contributed by atoms with Crippen LogP contribution in [-0.2, 0) is 6.54 Å². The fraction of sp³-hybridized carbons (Fsp3) is 0.333. The molecule has 0 bridgehead atoms. The summed E-state index contributed by atoms with van der Waals surface area (Å²) in [6, 6.07) is 5.10. The number of amidine groups is 1. The molecule has 0 radical (unpaired) electrons. The molecule has 7 heteroatoms. The molecule has 0 aromatic heterocycles. The van der Waals surface area contributed by atoms with E-state index in [2.05, 4.69) is 15.6 Å². The average molecular weight is 284 g/mol. The number of amides is 1. The summed E-state index contributed by atoms with van der Waals surface area (Å²) in [7, 11) is 0. The summed E-state index contributed by atoms with van der Waals surface area (Å²) >= 11 is 5.89. The SMILES string of the molecule is O=C(O)NCc1cc(Cl)ccc1OCC1=NCCN1. The molecule has 0 saturated heterocycles. The molecular formula is C12H14ClN3O3. The highest BCUT2D eigenvalue weighted by atomic mass is 35.5. The molecule has 102 valence electrons. The quantitative estimate of drug-likeness (QED) is 0.764. The number of ether oxygens (including phenoxy) is 1. The van der Waals surface area contributed by atoms with E-state index in [0.29, 0.717) is 22.9 Å². The third-order valence-corrected chi connectivity index (χ3v) is 2.80. The molecule has 1 aliphatic heterocycles. The van der Waals surface area contributed by atoms with Gasteiger partial charge in [0.05, 0.1) is 6.54 Å². The molecule has 0 saturated carbocycles. The first-order valence-corrected chi connectivity index (χ1v) is 6.18. The fourth-order valence-electron chi connectivity index (χ4n) is 1.69. The molecule has 1 heterocycles. The minimum absolute atomic E-state index is 0.144. The van der Waals surface area contributed by atoms with Crippen molar-refractivity contribution in [3.63, 3.8) is 0 Å². The van der Waals surface area contributed by atoms with Crippen LogP contribution in [0.4, 0.5) is 4.79 Å². The average Bonchev–Trinajstić information content (AvgIpc) is 2.88. The second kappa shape index (κ2) is 6.29. The van der Waals surface area contributed by atoms with E-state index >= 15 is 0 Å². The summed E-state index contributed by atoms with van der Waals surface area (Å²) < 4.78 is 5.62. The first kappa shape index (κ1) is 13.5. The van der Waals surface area contributed by atoms with Gasteiger partial charge >= 0.3 is 6.09 Å². The van der Waals surface area contributed by atoms with Gasteiger partial charge in [-0.05, 0) is 18.2 Å². The predicted octanol–water partition coefficient (Wildman–Crippen LogP) is 1.49. The van der Waals surface area contributed by atoms with Gasteiger partial charge in [0.25, 0.3) is 0 Å². The molecule has 1 aromatic carbocycles. The highest BCUT2D eigenvalue weighted by Crippen LogP contribution is 2.23. The predicted molar refractivity (Wildman–Crippen MR) is 72.1 cm³/mol. The molecule has 1 aliphatic rings. The van der Waals surface area contributed by atoms with Crippen molar-refractivity contribution in [2.24, 2.45) is 4.99 Å². The van der Waals surface area contributed by atoms with Crippen LogP contribution in [-0.4, -0.2) is 36.7 Å². The van der Waals surface area contributed by atoms with Crippen molar-refractivity contribution in [2.75, 3.05) is 19.7 Å². The maximum atomic E-state index is 10.5. The Bertz CT molecular complexity index is 505. The third-order valence-electron chi connectivity index (χ3n) is 2.56. The zero-order valence-electron chi connectivity index (χ0n) is 10.1. The molecule has 0 unspecified atom stereocenters. The number of carbonyl (C=O) groups is 1. The number of benzene rings is 1. The molecule has 1 amide bonds. The van der Waals surface area contributed by atoms with Gasteiger partial charge in [-0.15, -0.1) is 0 Å². The van der Waals surface area contributed by atoms with E-state index in [1.807, 2.05) is 0 Å². The van der Waals surface area contributed by atoms with E-state index in [0.717, 1.165) is 18.9 Å². The van der Waals surface area contributed by atoms with Crippen LogP contribution >= 0.6 is 11.6 Å². The molecule has 3 N–H and O–H groups in total. The molecule has 1 aromatic rings. The van der Waals surface area contributed by atoms with Crippen molar-refractivity contribution in [3.05, 3.63) is 28.8 Å². The lowest BCUT2D eigenvalue weighted by Gasteiger charge is -2.12.